The van der Waals surface area contributed by atoms with E-state index in [0.29, 0.717) is 12.5 Å². The van der Waals surface area contributed by atoms with Crippen molar-refractivity contribution < 1.29 is 14.3 Å². The molecule has 0 saturated heterocycles. The highest BCUT2D eigenvalue weighted by atomic mass is 16.5. The smallest absolute Gasteiger partial charge is 0.330 e. The van der Waals surface area contributed by atoms with Gasteiger partial charge in [-0.15, -0.1) is 0 Å². The highest BCUT2D eigenvalue weighted by Gasteiger charge is 2.24. The van der Waals surface area contributed by atoms with E-state index in [1.165, 1.54) is 18.4 Å². The van der Waals surface area contributed by atoms with Crippen LogP contribution in [0.15, 0.2) is 36.4 Å². The number of ether oxygens (including phenoxy) is 2. The van der Waals surface area contributed by atoms with Gasteiger partial charge >= 0.3 is 5.97 Å². The summed E-state index contributed by atoms with van der Waals surface area (Å²) >= 11 is 0. The first-order valence-corrected chi connectivity index (χ1v) is 9.82. The van der Waals surface area contributed by atoms with Crippen LogP contribution in [0.2, 0.25) is 0 Å². The van der Waals surface area contributed by atoms with Crippen LogP contribution in [0, 0.1) is 0 Å². The van der Waals surface area contributed by atoms with Crippen LogP contribution in [-0.2, 0) is 9.53 Å². The Kier molecular flexibility index (Phi) is 8.58. The first-order valence-electron chi connectivity index (χ1n) is 9.82. The summed E-state index contributed by atoms with van der Waals surface area (Å²) in [5.74, 6) is 1.32. The van der Waals surface area contributed by atoms with Crippen LogP contribution in [0.1, 0.15) is 76.7 Å². The maximum absolute atomic E-state index is 11.9. The van der Waals surface area contributed by atoms with Gasteiger partial charge in [0.15, 0.2) is 0 Å². The Labute approximate surface area is 152 Å². The molecule has 0 N–H and O–H groups in total. The van der Waals surface area contributed by atoms with Crippen molar-refractivity contribution >= 4 is 5.97 Å². The van der Waals surface area contributed by atoms with Gasteiger partial charge in [-0.3, -0.25) is 0 Å². The van der Waals surface area contributed by atoms with Crippen molar-refractivity contribution in [3.63, 3.8) is 0 Å². The van der Waals surface area contributed by atoms with Crippen molar-refractivity contribution in [2.75, 3.05) is 6.61 Å². The van der Waals surface area contributed by atoms with Crippen LogP contribution < -0.4 is 4.74 Å². The van der Waals surface area contributed by atoms with Gasteiger partial charge in [0.2, 0.25) is 0 Å². The van der Waals surface area contributed by atoms with Crippen molar-refractivity contribution in [3.05, 3.63) is 42.0 Å². The summed E-state index contributed by atoms with van der Waals surface area (Å²) in [6.07, 6.45) is 12.2. The van der Waals surface area contributed by atoms with Crippen LogP contribution in [0.5, 0.6) is 5.75 Å². The first kappa shape index (κ1) is 19.6. The van der Waals surface area contributed by atoms with Gasteiger partial charge in [0.25, 0.3) is 0 Å². The average molecular weight is 344 g/mol. The van der Waals surface area contributed by atoms with E-state index in [1.54, 1.807) is 6.08 Å². The topological polar surface area (TPSA) is 35.5 Å². The molecule has 0 atom stereocenters. The molecule has 138 valence electrons. The molecule has 1 fully saturated rings. The second kappa shape index (κ2) is 11.0. The number of carbonyl (C=O) groups is 1. The van der Waals surface area contributed by atoms with E-state index >= 15 is 0 Å². The summed E-state index contributed by atoms with van der Waals surface area (Å²) in [4.78, 5) is 11.9. The molecule has 0 radical (unpaired) electrons. The summed E-state index contributed by atoms with van der Waals surface area (Å²) < 4.78 is 11.1. The zero-order chi connectivity index (χ0) is 17.9. The molecule has 2 rings (SSSR count). The Balaban J connectivity index is 1.71. The predicted octanol–water partition coefficient (Wildman–Crippen LogP) is 5.79. The maximum atomic E-state index is 11.9. The number of hydrogen-bond acceptors (Lipinski definition) is 3. The molecule has 1 saturated carbocycles. The fourth-order valence-corrected chi connectivity index (χ4v) is 3.41. The van der Waals surface area contributed by atoms with Crippen LogP contribution in [0.3, 0.4) is 0 Å². The van der Waals surface area contributed by atoms with Crippen molar-refractivity contribution in [1.29, 1.82) is 0 Å². The summed E-state index contributed by atoms with van der Waals surface area (Å²) in [5, 5.41) is 0. The van der Waals surface area contributed by atoms with E-state index in [4.69, 9.17) is 9.47 Å². The molecule has 0 heterocycles. The Bertz CT molecular complexity index is 525. The molecule has 0 aromatic heterocycles. The fraction of sp³-hybridized carbons (Fsp3) is 0.591. The number of rotatable bonds is 9. The lowest BCUT2D eigenvalue weighted by molar-refractivity contribution is -0.144. The van der Waals surface area contributed by atoms with Gasteiger partial charge in [-0.2, -0.15) is 0 Å². The van der Waals surface area contributed by atoms with Gasteiger partial charge in [-0.1, -0.05) is 38.0 Å². The minimum Gasteiger partial charge on any atom is -0.494 e. The van der Waals surface area contributed by atoms with E-state index in [9.17, 15) is 4.79 Å². The number of esters is 1. The first-order chi connectivity index (χ1) is 12.2. The Hall–Kier alpha value is -1.77. The molecule has 3 heteroatoms. The van der Waals surface area contributed by atoms with E-state index in [0.717, 1.165) is 44.3 Å². The highest BCUT2D eigenvalue weighted by molar-refractivity contribution is 5.82. The lowest BCUT2D eigenvalue weighted by Gasteiger charge is -2.28. The third-order valence-electron chi connectivity index (χ3n) is 4.85. The Morgan fingerprint density at radius 3 is 2.44 bits per heavy atom. The van der Waals surface area contributed by atoms with E-state index in [2.05, 4.69) is 19.1 Å². The largest absolute Gasteiger partial charge is 0.494 e. The zero-order valence-corrected chi connectivity index (χ0v) is 15.7. The van der Waals surface area contributed by atoms with E-state index in [-0.39, 0.29) is 12.1 Å². The minimum atomic E-state index is -0.180. The number of hydrogen-bond donors (Lipinski definition) is 0. The molecule has 0 unspecified atom stereocenters. The molecule has 3 nitrogen and oxygen atoms in total. The van der Waals surface area contributed by atoms with E-state index in [1.807, 2.05) is 25.1 Å². The summed E-state index contributed by atoms with van der Waals surface area (Å²) in [6, 6.07) is 8.44. The van der Waals surface area contributed by atoms with Crippen molar-refractivity contribution in [2.24, 2.45) is 0 Å². The minimum absolute atomic E-state index is 0.0757. The fourth-order valence-electron chi connectivity index (χ4n) is 3.41. The average Bonchev–Trinajstić information content (AvgIpc) is 2.63. The molecule has 1 aromatic carbocycles. The number of carbonyl (C=O) groups excluding carboxylic acids is 1. The Morgan fingerprint density at radius 2 is 1.80 bits per heavy atom. The molecule has 0 bridgehead atoms. The predicted molar refractivity (Wildman–Crippen MR) is 102 cm³/mol. The highest BCUT2D eigenvalue weighted by Crippen LogP contribution is 2.34. The SMILES string of the molecule is CCCCC/C=C/C(=O)O[C@H]1CC[C@H](c2ccc(OCC)cc2)CC1. The Morgan fingerprint density at radius 1 is 1.08 bits per heavy atom. The number of unbranched alkanes of at least 4 members (excludes halogenated alkanes) is 3. The van der Waals surface area contributed by atoms with Gasteiger partial charge in [0, 0.05) is 6.08 Å². The van der Waals surface area contributed by atoms with Crippen molar-refractivity contribution in [2.45, 2.75) is 77.2 Å². The zero-order valence-electron chi connectivity index (χ0n) is 15.7. The normalized spacial score (nSPS) is 20.6. The summed E-state index contributed by atoms with van der Waals surface area (Å²) in [6.45, 7) is 4.88. The van der Waals surface area contributed by atoms with Crippen LogP contribution >= 0.6 is 0 Å². The quantitative estimate of drug-likeness (QED) is 0.323. The molecule has 1 aliphatic carbocycles. The lowest BCUT2D eigenvalue weighted by Crippen LogP contribution is -2.23. The summed E-state index contributed by atoms with van der Waals surface area (Å²) in [5.41, 5.74) is 1.36. The molecular weight excluding hydrogens is 312 g/mol. The van der Waals surface area contributed by atoms with Crippen LogP contribution in [0.25, 0.3) is 0 Å². The third kappa shape index (κ3) is 6.93. The summed E-state index contributed by atoms with van der Waals surface area (Å²) in [7, 11) is 0. The molecule has 0 spiro atoms. The molecule has 25 heavy (non-hydrogen) atoms. The second-order valence-electron chi connectivity index (χ2n) is 6.81. The standard InChI is InChI=1S/C22H32O3/c1-3-5-6-7-8-9-22(23)25-21-16-12-19(13-17-21)18-10-14-20(15-11-18)24-4-2/h8-11,14-15,19,21H,3-7,12-13,16-17H2,1-2H3/b9-8+/t19-,21-. The maximum Gasteiger partial charge on any atom is 0.330 e. The number of allylic oxidation sites excluding steroid dienone is 1. The lowest BCUT2D eigenvalue weighted by atomic mass is 9.83. The van der Waals surface area contributed by atoms with Gasteiger partial charge in [-0.25, -0.2) is 4.79 Å². The molecule has 0 aliphatic heterocycles. The van der Waals surface area contributed by atoms with E-state index < -0.39 is 0 Å². The van der Waals surface area contributed by atoms with Gasteiger partial charge < -0.3 is 9.47 Å². The van der Waals surface area contributed by atoms with Gasteiger partial charge in [0.05, 0.1) is 6.61 Å². The molecule has 1 aromatic rings. The number of benzene rings is 1. The van der Waals surface area contributed by atoms with Gasteiger partial charge in [0.1, 0.15) is 11.9 Å². The van der Waals surface area contributed by atoms with Crippen LogP contribution in [0.4, 0.5) is 0 Å². The molecule has 0 amide bonds. The monoisotopic (exact) mass is 344 g/mol. The van der Waals surface area contributed by atoms with Crippen LogP contribution in [-0.4, -0.2) is 18.7 Å². The molecular formula is C22H32O3. The second-order valence-corrected chi connectivity index (χ2v) is 6.81. The third-order valence-corrected chi connectivity index (χ3v) is 4.85. The molecule has 1 aliphatic rings. The van der Waals surface area contributed by atoms with Crippen molar-refractivity contribution in [3.8, 4) is 5.75 Å². The van der Waals surface area contributed by atoms with Gasteiger partial charge in [-0.05, 0) is 69.1 Å². The van der Waals surface area contributed by atoms with Crippen molar-refractivity contribution in [1.82, 2.24) is 0 Å².